The molecular weight excluding hydrogens is 524 g/mol. The Bertz CT molecular complexity index is 1420. The van der Waals surface area contributed by atoms with Crippen LogP contribution in [0.2, 0.25) is 5.02 Å². The lowest BCUT2D eigenvalue weighted by Crippen LogP contribution is -2.58. The number of hydrogen-bond donors (Lipinski definition) is 0. The second-order valence-corrected chi connectivity index (χ2v) is 13.0. The Hall–Kier alpha value is -2.46. The molecule has 204 valence electrons. The van der Waals surface area contributed by atoms with Crippen molar-refractivity contribution >= 4 is 38.3 Å². The third-order valence-electron chi connectivity index (χ3n) is 7.84. The topological polar surface area (TPSA) is 87.0 Å². The molecule has 0 radical (unpaired) electrons. The van der Waals surface area contributed by atoms with Gasteiger partial charge in [-0.1, -0.05) is 28.9 Å². The molecule has 3 heterocycles. The number of fused-ring (bicyclic) bond motifs is 1. The predicted octanol–water partition coefficient (Wildman–Crippen LogP) is 4.84. The highest BCUT2D eigenvalue weighted by Gasteiger charge is 2.42. The van der Waals surface area contributed by atoms with Gasteiger partial charge in [0.15, 0.2) is 0 Å². The van der Waals surface area contributed by atoms with Crippen LogP contribution in [0.1, 0.15) is 51.0 Å². The van der Waals surface area contributed by atoms with Crippen LogP contribution >= 0.6 is 11.6 Å². The molecule has 2 fully saturated rings. The monoisotopic (exact) mass is 558 g/mol. The van der Waals surface area contributed by atoms with E-state index in [1.54, 1.807) is 49.4 Å². The number of nitrogens with zero attached hydrogens (tertiary/aromatic N) is 4. The lowest BCUT2D eigenvalue weighted by molar-refractivity contribution is -0.142. The van der Waals surface area contributed by atoms with E-state index in [1.165, 1.54) is 4.31 Å². The molecule has 0 bridgehead atoms. The molecule has 3 aromatic rings. The van der Waals surface area contributed by atoms with E-state index in [0.29, 0.717) is 35.5 Å². The van der Waals surface area contributed by atoms with Crippen molar-refractivity contribution in [3.63, 3.8) is 0 Å². The number of aromatic nitrogens is 1. The summed E-state index contributed by atoms with van der Waals surface area (Å²) in [4.78, 5) is 18.5. The van der Waals surface area contributed by atoms with Crippen molar-refractivity contribution in [1.82, 2.24) is 19.3 Å². The second kappa shape index (κ2) is 11.0. The minimum atomic E-state index is -4.04. The summed E-state index contributed by atoms with van der Waals surface area (Å²) in [6.07, 6.45) is 3.03. The molecule has 2 saturated heterocycles. The summed E-state index contributed by atoms with van der Waals surface area (Å²) < 4.78 is 34.9. The number of benzene rings is 2. The molecule has 0 saturated carbocycles. The first kappa shape index (κ1) is 27.1. The van der Waals surface area contributed by atoms with Crippen LogP contribution in [0, 0.1) is 6.92 Å². The van der Waals surface area contributed by atoms with Crippen LogP contribution in [-0.2, 0) is 21.4 Å². The van der Waals surface area contributed by atoms with Gasteiger partial charge in [0.05, 0.1) is 17.1 Å². The van der Waals surface area contributed by atoms with Crippen molar-refractivity contribution in [1.29, 1.82) is 0 Å². The molecule has 2 aliphatic heterocycles. The third-order valence-corrected chi connectivity index (χ3v) is 9.92. The average Bonchev–Trinajstić information content (AvgIpc) is 3.32. The Morgan fingerprint density at radius 3 is 2.45 bits per heavy atom. The smallest absolute Gasteiger partial charge is 0.244 e. The van der Waals surface area contributed by atoms with Gasteiger partial charge >= 0.3 is 0 Å². The lowest BCUT2D eigenvalue weighted by atomic mass is 9.96. The van der Waals surface area contributed by atoms with Crippen molar-refractivity contribution in [2.45, 2.75) is 76.0 Å². The molecule has 1 amide bonds. The minimum Gasteiger partial charge on any atom is -0.361 e. The van der Waals surface area contributed by atoms with Gasteiger partial charge in [0.25, 0.3) is 0 Å². The van der Waals surface area contributed by atoms with Crippen LogP contribution in [0.15, 0.2) is 51.9 Å². The summed E-state index contributed by atoms with van der Waals surface area (Å²) in [6, 6.07) is 11.9. The normalized spacial score (nSPS) is 20.2. The van der Waals surface area contributed by atoms with Crippen molar-refractivity contribution in [2.75, 3.05) is 19.6 Å². The Balaban J connectivity index is 1.46. The van der Waals surface area contributed by atoms with E-state index in [2.05, 4.69) is 23.9 Å². The zero-order chi connectivity index (χ0) is 27.0. The first-order valence-corrected chi connectivity index (χ1v) is 15.1. The molecule has 38 heavy (non-hydrogen) atoms. The van der Waals surface area contributed by atoms with Gasteiger partial charge in [0.1, 0.15) is 11.8 Å². The van der Waals surface area contributed by atoms with Gasteiger partial charge in [-0.2, -0.15) is 4.31 Å². The number of rotatable bonds is 7. The second-order valence-electron chi connectivity index (χ2n) is 10.7. The number of aryl methyl sites for hydroxylation is 1. The van der Waals surface area contributed by atoms with E-state index >= 15 is 0 Å². The largest absolute Gasteiger partial charge is 0.361 e. The molecule has 0 spiro atoms. The Labute approximate surface area is 229 Å². The quantitative estimate of drug-likeness (QED) is 0.412. The minimum absolute atomic E-state index is 0.0334. The molecule has 1 aromatic heterocycles. The molecule has 8 nitrogen and oxygen atoms in total. The number of likely N-dealkylation sites (tertiary alicyclic amines) is 2. The standard InChI is InChI=1S/C28H35ClN4O4S/c1-19(2)31-13-10-25(11-14-31)32-12-4-5-27(28(32)34)33(18-24-15-20(3)37-30-24)38(35,36)26-9-7-21-16-23(29)8-6-22(21)17-26/h6-9,15-17,19,25,27H,4-5,10-14,18H2,1-3H3/t27-/m0/s1. The molecule has 10 heteroatoms. The van der Waals surface area contributed by atoms with Crippen LogP contribution in [0.3, 0.4) is 0 Å². The van der Waals surface area contributed by atoms with Crippen LogP contribution in [0.4, 0.5) is 0 Å². The molecule has 0 N–H and O–H groups in total. The van der Waals surface area contributed by atoms with Crippen LogP contribution in [0.25, 0.3) is 10.8 Å². The Kier molecular flexibility index (Phi) is 7.82. The molecule has 2 aliphatic rings. The molecule has 2 aromatic carbocycles. The highest BCUT2D eigenvalue weighted by Crippen LogP contribution is 2.31. The van der Waals surface area contributed by atoms with Gasteiger partial charge in [-0.05, 0) is 81.5 Å². The van der Waals surface area contributed by atoms with E-state index in [9.17, 15) is 13.2 Å². The number of halogens is 1. The van der Waals surface area contributed by atoms with Crippen LogP contribution < -0.4 is 0 Å². The van der Waals surface area contributed by atoms with E-state index < -0.39 is 16.1 Å². The van der Waals surface area contributed by atoms with Crippen molar-refractivity contribution < 1.29 is 17.7 Å². The number of carbonyl (C=O) groups is 1. The van der Waals surface area contributed by atoms with E-state index in [1.807, 2.05) is 4.90 Å². The maximum atomic E-state index is 14.2. The number of hydrogen-bond acceptors (Lipinski definition) is 6. The van der Waals surface area contributed by atoms with Crippen LogP contribution in [0.5, 0.6) is 0 Å². The molecule has 5 rings (SSSR count). The van der Waals surface area contributed by atoms with Gasteiger partial charge in [-0.15, -0.1) is 0 Å². The fraction of sp³-hybridized carbons (Fsp3) is 0.500. The van der Waals surface area contributed by atoms with Gasteiger partial charge < -0.3 is 14.3 Å². The zero-order valence-electron chi connectivity index (χ0n) is 22.1. The first-order valence-electron chi connectivity index (χ1n) is 13.3. The SMILES string of the molecule is Cc1cc(CN([C@H]2CCCN(C3CCN(C(C)C)CC3)C2=O)S(=O)(=O)c2ccc3cc(Cl)ccc3c2)no1. The van der Waals surface area contributed by atoms with Gasteiger partial charge in [-0.3, -0.25) is 4.79 Å². The van der Waals surface area contributed by atoms with Crippen molar-refractivity contribution in [3.8, 4) is 0 Å². The zero-order valence-corrected chi connectivity index (χ0v) is 23.7. The fourth-order valence-electron chi connectivity index (χ4n) is 5.73. The maximum absolute atomic E-state index is 14.2. The average molecular weight is 559 g/mol. The molecular formula is C28H35ClN4O4S. The molecule has 1 atom stereocenters. The van der Waals surface area contributed by atoms with Gasteiger partial charge in [0.2, 0.25) is 15.9 Å². The van der Waals surface area contributed by atoms with Gasteiger partial charge in [-0.25, -0.2) is 8.42 Å². The number of piperidine rings is 2. The van der Waals surface area contributed by atoms with E-state index in [0.717, 1.165) is 43.1 Å². The Morgan fingerprint density at radius 1 is 1.05 bits per heavy atom. The summed E-state index contributed by atoms with van der Waals surface area (Å²) in [5, 5.41) is 6.25. The highest BCUT2D eigenvalue weighted by atomic mass is 35.5. The number of carbonyl (C=O) groups excluding carboxylic acids is 1. The summed E-state index contributed by atoms with van der Waals surface area (Å²) in [6.45, 7) is 8.66. The summed E-state index contributed by atoms with van der Waals surface area (Å²) in [5.74, 6) is 0.476. The van der Waals surface area contributed by atoms with E-state index in [-0.39, 0.29) is 23.4 Å². The number of amides is 1. The predicted molar refractivity (Wildman–Crippen MR) is 147 cm³/mol. The summed E-state index contributed by atoms with van der Waals surface area (Å²) in [5.41, 5.74) is 0.480. The Morgan fingerprint density at radius 2 is 1.76 bits per heavy atom. The summed E-state index contributed by atoms with van der Waals surface area (Å²) in [7, 11) is -4.04. The molecule has 0 aliphatic carbocycles. The lowest BCUT2D eigenvalue weighted by Gasteiger charge is -2.44. The van der Waals surface area contributed by atoms with E-state index in [4.69, 9.17) is 16.1 Å². The first-order chi connectivity index (χ1) is 18.1. The number of sulfonamides is 1. The van der Waals surface area contributed by atoms with Crippen molar-refractivity contribution in [3.05, 3.63) is 58.9 Å². The third kappa shape index (κ3) is 5.47. The highest BCUT2D eigenvalue weighted by molar-refractivity contribution is 7.89. The molecule has 0 unspecified atom stereocenters. The van der Waals surface area contributed by atoms with Crippen LogP contribution in [-0.4, -0.2) is 71.3 Å². The van der Waals surface area contributed by atoms with Gasteiger partial charge in [0, 0.05) is 42.8 Å². The maximum Gasteiger partial charge on any atom is 0.244 e. The fourth-order valence-corrected chi connectivity index (χ4v) is 7.53. The van der Waals surface area contributed by atoms with Crippen molar-refractivity contribution in [2.24, 2.45) is 0 Å². The summed E-state index contributed by atoms with van der Waals surface area (Å²) >= 11 is 6.12.